The van der Waals surface area contributed by atoms with Gasteiger partial charge in [-0.15, -0.1) is 0 Å². The summed E-state index contributed by atoms with van der Waals surface area (Å²) in [5.74, 6) is -0.357. The van der Waals surface area contributed by atoms with Crippen molar-refractivity contribution in [1.29, 1.82) is 0 Å². The molecule has 0 aliphatic heterocycles. The number of nitrogens with zero attached hydrogens (tertiary/aromatic N) is 2. The molecule has 5 nitrogen and oxygen atoms in total. The van der Waals surface area contributed by atoms with Crippen LogP contribution in [-0.2, 0) is 14.9 Å². The van der Waals surface area contributed by atoms with Gasteiger partial charge in [-0.05, 0) is 38.0 Å². The highest BCUT2D eigenvalue weighted by Gasteiger charge is 2.57. The van der Waals surface area contributed by atoms with Gasteiger partial charge in [-0.2, -0.15) is 4.98 Å². The minimum atomic E-state index is -0.826. The number of halogens is 2. The Balaban J connectivity index is 1.92. The fraction of sp³-hybridized carbons (Fsp3) is 0.357. The summed E-state index contributed by atoms with van der Waals surface area (Å²) in [5, 5.41) is 4.01. The highest BCUT2D eigenvalue weighted by molar-refractivity contribution is 6.33. The predicted octanol–water partition coefficient (Wildman–Crippen LogP) is 3.12. The van der Waals surface area contributed by atoms with Crippen molar-refractivity contribution in [3.05, 3.63) is 34.9 Å². The number of hydrogen-bond acceptors (Lipinski definition) is 5. The zero-order valence-corrected chi connectivity index (χ0v) is 12.0. The quantitative estimate of drug-likeness (QED) is 0.812. The lowest BCUT2D eigenvalue weighted by Gasteiger charge is -2.08. The maximum Gasteiger partial charge on any atom is 0.321 e. The lowest BCUT2D eigenvalue weighted by molar-refractivity contribution is -0.146. The van der Waals surface area contributed by atoms with Crippen molar-refractivity contribution in [2.45, 2.75) is 25.2 Å². The molecule has 3 rings (SSSR count). The van der Waals surface area contributed by atoms with Crippen LogP contribution in [0.3, 0.4) is 0 Å². The van der Waals surface area contributed by atoms with Crippen LogP contribution in [0.15, 0.2) is 22.7 Å². The first kappa shape index (κ1) is 14.0. The summed E-state index contributed by atoms with van der Waals surface area (Å²) >= 11 is 5.96. The van der Waals surface area contributed by atoms with Crippen LogP contribution in [0.4, 0.5) is 4.39 Å². The molecular formula is C14H12ClFN2O3. The first-order valence-electron chi connectivity index (χ1n) is 6.53. The Kier molecular flexibility index (Phi) is 3.41. The van der Waals surface area contributed by atoms with Gasteiger partial charge >= 0.3 is 5.97 Å². The van der Waals surface area contributed by atoms with Crippen molar-refractivity contribution < 1.29 is 18.4 Å². The third-order valence-corrected chi connectivity index (χ3v) is 3.74. The van der Waals surface area contributed by atoms with Crippen molar-refractivity contribution in [1.82, 2.24) is 10.1 Å². The molecule has 1 aromatic carbocycles. The first-order chi connectivity index (χ1) is 10.1. The minimum absolute atomic E-state index is 0.184. The van der Waals surface area contributed by atoms with Gasteiger partial charge in [-0.25, -0.2) is 4.39 Å². The molecule has 1 heterocycles. The highest BCUT2D eigenvalue weighted by atomic mass is 35.5. The van der Waals surface area contributed by atoms with Crippen molar-refractivity contribution in [2.75, 3.05) is 6.61 Å². The van der Waals surface area contributed by atoms with Gasteiger partial charge in [-0.3, -0.25) is 4.79 Å². The SMILES string of the molecule is CCOC(=O)C1(c2nc(-c3ccc(F)cc3Cl)no2)CC1. The summed E-state index contributed by atoms with van der Waals surface area (Å²) in [6.07, 6.45) is 1.23. The van der Waals surface area contributed by atoms with E-state index in [-0.39, 0.29) is 22.7 Å². The Morgan fingerprint density at radius 3 is 2.90 bits per heavy atom. The normalized spacial score (nSPS) is 15.8. The number of hydrogen-bond donors (Lipinski definition) is 0. The minimum Gasteiger partial charge on any atom is -0.465 e. The van der Waals surface area contributed by atoms with Crippen LogP contribution in [0.1, 0.15) is 25.7 Å². The Hall–Kier alpha value is -1.95. The molecule has 1 aliphatic carbocycles. The number of carbonyl (C=O) groups excluding carboxylic acids is 1. The van der Waals surface area contributed by atoms with Gasteiger partial charge in [0.05, 0.1) is 11.6 Å². The van der Waals surface area contributed by atoms with Crippen molar-refractivity contribution in [3.63, 3.8) is 0 Å². The molecule has 0 spiro atoms. The molecule has 0 bridgehead atoms. The molecule has 21 heavy (non-hydrogen) atoms. The van der Waals surface area contributed by atoms with Gasteiger partial charge in [0.1, 0.15) is 11.2 Å². The standard InChI is InChI=1S/C14H12ClFN2O3/c1-2-20-13(19)14(5-6-14)12-17-11(18-21-12)9-4-3-8(16)7-10(9)15/h3-4,7H,2,5-6H2,1H3. The first-order valence-corrected chi connectivity index (χ1v) is 6.91. The van der Waals surface area contributed by atoms with Crippen LogP contribution >= 0.6 is 11.6 Å². The van der Waals surface area contributed by atoms with Crippen LogP contribution < -0.4 is 0 Å². The Labute approximate surface area is 125 Å². The lowest BCUT2D eigenvalue weighted by atomic mass is 10.1. The van der Waals surface area contributed by atoms with Gasteiger partial charge in [0.15, 0.2) is 0 Å². The molecule has 1 aliphatic rings. The summed E-state index contributed by atoms with van der Waals surface area (Å²) in [7, 11) is 0. The van der Waals surface area contributed by atoms with E-state index in [4.69, 9.17) is 20.9 Å². The van der Waals surface area contributed by atoms with Crippen molar-refractivity contribution in [2.24, 2.45) is 0 Å². The number of benzene rings is 1. The zero-order chi connectivity index (χ0) is 15.0. The summed E-state index contributed by atoms with van der Waals surface area (Å²) in [5.41, 5.74) is -0.374. The van der Waals surface area contributed by atoms with E-state index in [0.717, 1.165) is 0 Å². The smallest absolute Gasteiger partial charge is 0.321 e. The molecule has 0 atom stereocenters. The van der Waals surface area contributed by atoms with Crippen LogP contribution in [0.5, 0.6) is 0 Å². The lowest BCUT2D eigenvalue weighted by Crippen LogP contribution is -2.23. The molecule has 1 aromatic heterocycles. The zero-order valence-electron chi connectivity index (χ0n) is 11.2. The molecule has 0 saturated heterocycles. The third-order valence-electron chi connectivity index (χ3n) is 3.42. The van der Waals surface area contributed by atoms with Gasteiger partial charge in [0, 0.05) is 5.56 Å². The Morgan fingerprint density at radius 1 is 1.52 bits per heavy atom. The summed E-state index contributed by atoms with van der Waals surface area (Å²) in [6.45, 7) is 2.04. The van der Waals surface area contributed by atoms with Gasteiger partial charge in [-0.1, -0.05) is 16.8 Å². The van der Waals surface area contributed by atoms with E-state index in [1.54, 1.807) is 6.92 Å². The van der Waals surface area contributed by atoms with E-state index < -0.39 is 11.2 Å². The molecule has 0 amide bonds. The molecule has 1 fully saturated rings. The average Bonchev–Trinajstić information content (AvgIpc) is 3.12. The number of esters is 1. The second-order valence-electron chi connectivity index (χ2n) is 4.85. The van der Waals surface area contributed by atoms with E-state index in [1.807, 2.05) is 0 Å². The van der Waals surface area contributed by atoms with E-state index in [9.17, 15) is 9.18 Å². The third kappa shape index (κ3) is 2.40. The molecule has 0 N–H and O–H groups in total. The maximum absolute atomic E-state index is 13.0. The maximum atomic E-state index is 13.0. The Morgan fingerprint density at radius 2 is 2.29 bits per heavy atom. The summed E-state index contributed by atoms with van der Waals surface area (Å²) < 4.78 is 23.3. The molecule has 110 valence electrons. The van der Waals surface area contributed by atoms with Gasteiger partial charge in [0.25, 0.3) is 0 Å². The van der Waals surface area contributed by atoms with Crippen LogP contribution in [0, 0.1) is 5.82 Å². The van der Waals surface area contributed by atoms with E-state index in [0.29, 0.717) is 25.0 Å². The molecule has 0 radical (unpaired) electrons. The number of rotatable bonds is 4. The fourth-order valence-corrected chi connectivity index (χ4v) is 2.35. The molecular weight excluding hydrogens is 299 g/mol. The number of ether oxygens (including phenoxy) is 1. The number of aromatic nitrogens is 2. The number of carbonyl (C=O) groups is 1. The molecule has 1 saturated carbocycles. The summed E-state index contributed by atoms with van der Waals surface area (Å²) in [4.78, 5) is 16.2. The topological polar surface area (TPSA) is 65.2 Å². The molecule has 2 aromatic rings. The second-order valence-corrected chi connectivity index (χ2v) is 5.26. The molecule has 0 unspecified atom stereocenters. The highest BCUT2D eigenvalue weighted by Crippen LogP contribution is 2.49. The molecule has 7 heteroatoms. The van der Waals surface area contributed by atoms with Gasteiger partial charge in [0.2, 0.25) is 11.7 Å². The summed E-state index contributed by atoms with van der Waals surface area (Å²) in [6, 6.07) is 3.90. The van der Waals surface area contributed by atoms with E-state index >= 15 is 0 Å². The average molecular weight is 311 g/mol. The van der Waals surface area contributed by atoms with Crippen LogP contribution in [0.2, 0.25) is 5.02 Å². The van der Waals surface area contributed by atoms with Crippen LogP contribution in [-0.4, -0.2) is 22.7 Å². The van der Waals surface area contributed by atoms with Crippen molar-refractivity contribution >= 4 is 17.6 Å². The fourth-order valence-electron chi connectivity index (χ4n) is 2.10. The monoisotopic (exact) mass is 310 g/mol. The second kappa shape index (κ2) is 5.11. The van der Waals surface area contributed by atoms with E-state index in [1.165, 1.54) is 18.2 Å². The van der Waals surface area contributed by atoms with E-state index in [2.05, 4.69) is 10.1 Å². The van der Waals surface area contributed by atoms with Crippen LogP contribution in [0.25, 0.3) is 11.4 Å². The largest absolute Gasteiger partial charge is 0.465 e. The van der Waals surface area contributed by atoms with Gasteiger partial charge < -0.3 is 9.26 Å². The predicted molar refractivity (Wildman–Crippen MR) is 72.2 cm³/mol. The van der Waals surface area contributed by atoms with Crippen molar-refractivity contribution in [3.8, 4) is 11.4 Å². The Bertz CT molecular complexity index is 697.